The van der Waals surface area contributed by atoms with Gasteiger partial charge >= 0.3 is 13.2 Å². The number of ether oxygens (including phenoxy) is 1. The number of rotatable bonds is 2. The third-order valence-corrected chi connectivity index (χ3v) is 2.82. The van der Waals surface area contributed by atoms with Gasteiger partial charge in [0.1, 0.15) is 5.60 Å². The number of carbonyl (C=O) groups excluding carboxylic acids is 1. The average Bonchev–Trinajstić information content (AvgIpc) is 2.63. The van der Waals surface area contributed by atoms with E-state index in [2.05, 4.69) is 5.32 Å². The maximum Gasteiger partial charge on any atom is 0.491 e. The van der Waals surface area contributed by atoms with Crippen LogP contribution in [0.5, 0.6) is 5.75 Å². The van der Waals surface area contributed by atoms with Crippen LogP contribution in [-0.4, -0.2) is 30.4 Å². The Balaban J connectivity index is 2.00. The Labute approximate surface area is 117 Å². The molecule has 20 heavy (non-hydrogen) atoms. The van der Waals surface area contributed by atoms with Crippen molar-refractivity contribution in [3.8, 4) is 5.75 Å². The lowest BCUT2D eigenvalue weighted by atomic mass is 9.78. The van der Waals surface area contributed by atoms with Crippen LogP contribution in [0.3, 0.4) is 0 Å². The quantitative estimate of drug-likeness (QED) is 0.745. The molecule has 0 saturated carbocycles. The van der Waals surface area contributed by atoms with Gasteiger partial charge in [-0.3, -0.25) is 0 Å². The summed E-state index contributed by atoms with van der Waals surface area (Å²) in [4.78, 5) is 11.6. The summed E-state index contributed by atoms with van der Waals surface area (Å²) in [6, 6.07) is 4.67. The fraction of sp³-hybridized carbons (Fsp3) is 0.462. The average molecular weight is 278 g/mol. The molecule has 7 heteroatoms. The molecule has 2 rings (SSSR count). The normalized spacial score (nSPS) is 17.8. The van der Waals surface area contributed by atoms with E-state index in [-0.39, 0.29) is 17.8 Å². The number of carbonyl (C=O) groups is 1. The number of hydrogen-bond acceptors (Lipinski definition) is 5. The Hall–Kier alpha value is -1.73. The van der Waals surface area contributed by atoms with Crippen molar-refractivity contribution in [3.63, 3.8) is 0 Å². The number of fused-ring (bicyclic) bond motifs is 1. The van der Waals surface area contributed by atoms with E-state index in [1.54, 1.807) is 32.9 Å². The van der Waals surface area contributed by atoms with Crippen LogP contribution in [0.15, 0.2) is 18.2 Å². The minimum absolute atomic E-state index is 0.127. The largest absolute Gasteiger partial charge is 0.873 e. The van der Waals surface area contributed by atoms with Crippen molar-refractivity contribution in [3.05, 3.63) is 23.8 Å². The lowest BCUT2D eigenvalue weighted by Crippen LogP contribution is -2.35. The summed E-state index contributed by atoms with van der Waals surface area (Å²) < 4.78 is 10.4. The Bertz CT molecular complexity index is 514. The van der Waals surface area contributed by atoms with E-state index < -0.39 is 24.9 Å². The fourth-order valence-corrected chi connectivity index (χ4v) is 2.05. The van der Waals surface area contributed by atoms with E-state index in [9.17, 15) is 14.9 Å². The van der Waals surface area contributed by atoms with Gasteiger partial charge in [-0.15, -0.1) is 5.75 Å². The number of benzene rings is 1. The molecule has 0 fully saturated rings. The van der Waals surface area contributed by atoms with Gasteiger partial charge in [0.15, 0.2) is 0 Å². The minimum atomic E-state index is -1.25. The van der Waals surface area contributed by atoms with Crippen LogP contribution in [0.2, 0.25) is 0 Å². The molecule has 0 aliphatic carbocycles. The van der Waals surface area contributed by atoms with Crippen LogP contribution in [0.1, 0.15) is 32.4 Å². The summed E-state index contributed by atoms with van der Waals surface area (Å²) in [7, 11) is -1.25. The Kier molecular flexibility index (Phi) is 3.92. The molecular formula is C13H17BNO5-. The van der Waals surface area contributed by atoms with Crippen LogP contribution in [0, 0.1) is 0 Å². The monoisotopic (exact) mass is 278 g/mol. The molecule has 108 valence electrons. The van der Waals surface area contributed by atoms with Gasteiger partial charge < -0.3 is 24.8 Å². The van der Waals surface area contributed by atoms with Crippen molar-refractivity contribution in [2.75, 3.05) is 6.54 Å². The van der Waals surface area contributed by atoms with Crippen molar-refractivity contribution < 1.29 is 24.3 Å². The molecule has 0 saturated heterocycles. The van der Waals surface area contributed by atoms with E-state index >= 15 is 0 Å². The third kappa shape index (κ3) is 3.23. The number of alkyl carbamates (subject to hydrolysis) is 1. The minimum Gasteiger partial charge on any atom is -0.873 e. The van der Waals surface area contributed by atoms with Gasteiger partial charge in [-0.25, -0.2) is 4.79 Å². The maximum absolute atomic E-state index is 11.6. The molecule has 1 heterocycles. The molecule has 1 amide bonds. The molecule has 0 spiro atoms. The standard InChI is InChI=1S/C13H18BNO5/c1-13(2,3)19-12(17)15-7-10-8-5-4-6-9(16)11(8)14(18)20-10/h4-6,10,16,18H,7H2,1-3H3,(H,15,17)/p-1. The van der Waals surface area contributed by atoms with Crippen LogP contribution >= 0.6 is 0 Å². The Morgan fingerprint density at radius 2 is 2.25 bits per heavy atom. The zero-order valence-electron chi connectivity index (χ0n) is 11.7. The molecule has 1 aromatic carbocycles. The van der Waals surface area contributed by atoms with Gasteiger partial charge in [0.25, 0.3) is 0 Å². The smallest absolute Gasteiger partial charge is 0.491 e. The van der Waals surface area contributed by atoms with Gasteiger partial charge in [0, 0.05) is 6.54 Å². The molecule has 1 aliphatic rings. The van der Waals surface area contributed by atoms with Crippen LogP contribution in [0.25, 0.3) is 0 Å². The Morgan fingerprint density at radius 3 is 2.90 bits per heavy atom. The molecule has 0 bridgehead atoms. The van der Waals surface area contributed by atoms with Gasteiger partial charge in [0.2, 0.25) is 0 Å². The second-order valence-electron chi connectivity index (χ2n) is 5.62. The van der Waals surface area contributed by atoms with E-state index in [1.165, 1.54) is 6.07 Å². The zero-order chi connectivity index (χ0) is 14.9. The highest BCUT2D eigenvalue weighted by molar-refractivity contribution is 6.62. The lowest BCUT2D eigenvalue weighted by Gasteiger charge is -2.21. The first-order valence-electron chi connectivity index (χ1n) is 6.38. The predicted octanol–water partition coefficient (Wildman–Crippen LogP) is 0.0437. The SMILES string of the molecule is CC(C)(C)OC(=O)NCC1OB(O)c2c([O-])cccc21. The van der Waals surface area contributed by atoms with Gasteiger partial charge in [-0.2, -0.15) is 0 Å². The molecule has 0 radical (unpaired) electrons. The lowest BCUT2D eigenvalue weighted by molar-refractivity contribution is -0.266. The molecule has 1 unspecified atom stereocenters. The summed E-state index contributed by atoms with van der Waals surface area (Å²) in [5.41, 5.74) is 0.254. The molecule has 1 aromatic rings. The molecule has 0 aromatic heterocycles. The Morgan fingerprint density at radius 1 is 1.55 bits per heavy atom. The number of nitrogens with one attached hydrogen (secondary N) is 1. The highest BCUT2D eigenvalue weighted by Crippen LogP contribution is 2.25. The van der Waals surface area contributed by atoms with E-state index in [1.807, 2.05) is 0 Å². The topological polar surface area (TPSA) is 90.9 Å². The van der Waals surface area contributed by atoms with Crippen molar-refractivity contribution in [2.24, 2.45) is 0 Å². The summed E-state index contributed by atoms with van der Waals surface area (Å²) in [5, 5.41) is 23.9. The fourth-order valence-electron chi connectivity index (χ4n) is 2.05. The van der Waals surface area contributed by atoms with Crippen molar-refractivity contribution >= 4 is 18.7 Å². The second-order valence-corrected chi connectivity index (χ2v) is 5.62. The first-order chi connectivity index (χ1) is 9.28. The van der Waals surface area contributed by atoms with E-state index in [0.29, 0.717) is 5.56 Å². The number of amides is 1. The zero-order valence-corrected chi connectivity index (χ0v) is 11.7. The van der Waals surface area contributed by atoms with Gasteiger partial charge in [0.05, 0.1) is 6.10 Å². The molecular weight excluding hydrogens is 261 g/mol. The summed E-state index contributed by atoms with van der Waals surface area (Å²) in [6.45, 7) is 5.42. The van der Waals surface area contributed by atoms with Crippen LogP contribution < -0.4 is 15.9 Å². The van der Waals surface area contributed by atoms with Crippen LogP contribution in [-0.2, 0) is 9.39 Å². The van der Waals surface area contributed by atoms with Crippen molar-refractivity contribution in [2.45, 2.75) is 32.5 Å². The van der Waals surface area contributed by atoms with E-state index in [0.717, 1.165) is 0 Å². The van der Waals surface area contributed by atoms with E-state index in [4.69, 9.17) is 9.39 Å². The highest BCUT2D eigenvalue weighted by atomic mass is 16.6. The summed E-state index contributed by atoms with van der Waals surface area (Å²) in [6.07, 6.45) is -1.12. The maximum atomic E-state index is 11.6. The molecule has 1 aliphatic heterocycles. The third-order valence-electron chi connectivity index (χ3n) is 2.82. The van der Waals surface area contributed by atoms with Crippen molar-refractivity contribution in [1.82, 2.24) is 5.32 Å². The highest BCUT2D eigenvalue weighted by Gasteiger charge is 2.35. The molecule has 6 nitrogen and oxygen atoms in total. The number of hydrogen-bond donors (Lipinski definition) is 2. The first kappa shape index (κ1) is 14.7. The molecule has 2 N–H and O–H groups in total. The van der Waals surface area contributed by atoms with Gasteiger partial charge in [-0.1, -0.05) is 18.2 Å². The molecule has 1 atom stereocenters. The van der Waals surface area contributed by atoms with Crippen LogP contribution in [0.4, 0.5) is 4.79 Å². The summed E-state index contributed by atoms with van der Waals surface area (Å²) >= 11 is 0. The predicted molar refractivity (Wildman–Crippen MR) is 71.6 cm³/mol. The van der Waals surface area contributed by atoms with Gasteiger partial charge in [-0.05, 0) is 31.8 Å². The van der Waals surface area contributed by atoms with Crippen molar-refractivity contribution in [1.29, 1.82) is 0 Å². The first-order valence-corrected chi connectivity index (χ1v) is 6.38. The second kappa shape index (κ2) is 5.34. The summed E-state index contributed by atoms with van der Waals surface area (Å²) in [5.74, 6) is -0.269.